The van der Waals surface area contributed by atoms with Crippen LogP contribution in [0.2, 0.25) is 0 Å². The fourth-order valence-electron chi connectivity index (χ4n) is 1.76. The number of nitrogens with one attached hydrogen (secondary N) is 2. The number of hydrogen-bond donors (Lipinski definition) is 3. The summed E-state index contributed by atoms with van der Waals surface area (Å²) in [6.07, 6.45) is -0.429. The first-order valence-electron chi connectivity index (χ1n) is 7.68. The van der Waals surface area contributed by atoms with Gasteiger partial charge in [0.2, 0.25) is 17.8 Å². The summed E-state index contributed by atoms with van der Waals surface area (Å²) < 4.78 is 0. The Labute approximate surface area is 127 Å². The average molecular weight is 296 g/mol. The standard InChI is InChI=1S/C14H28N6O/c1-6-15-12-17-13(16-9-11(21)10(4)5)19-14(18-12)20(7-2)8-3/h10-11,21H,6-9H2,1-5H3,(H2,15,16,17,18,19). The third kappa shape index (κ3) is 5.34. The van der Waals surface area contributed by atoms with Gasteiger partial charge in [0.05, 0.1) is 6.10 Å². The van der Waals surface area contributed by atoms with E-state index in [1.54, 1.807) is 0 Å². The first-order chi connectivity index (χ1) is 10.0. The zero-order valence-electron chi connectivity index (χ0n) is 13.7. The third-order valence-corrected chi connectivity index (χ3v) is 3.24. The summed E-state index contributed by atoms with van der Waals surface area (Å²) >= 11 is 0. The molecule has 0 saturated carbocycles. The van der Waals surface area contributed by atoms with Crippen molar-refractivity contribution in [3.05, 3.63) is 0 Å². The van der Waals surface area contributed by atoms with Crippen molar-refractivity contribution in [2.24, 2.45) is 5.92 Å². The topological polar surface area (TPSA) is 86.2 Å². The Bertz CT molecular complexity index is 422. The van der Waals surface area contributed by atoms with E-state index in [1.807, 2.05) is 20.8 Å². The highest BCUT2D eigenvalue weighted by atomic mass is 16.3. The summed E-state index contributed by atoms with van der Waals surface area (Å²) in [5, 5.41) is 16.1. The molecule has 0 aliphatic rings. The Morgan fingerprint density at radius 1 is 1.00 bits per heavy atom. The Hall–Kier alpha value is -1.63. The molecule has 7 nitrogen and oxygen atoms in total. The number of aliphatic hydroxyl groups is 1. The van der Waals surface area contributed by atoms with Crippen LogP contribution in [0, 0.1) is 5.92 Å². The number of rotatable bonds is 9. The Morgan fingerprint density at radius 3 is 2.05 bits per heavy atom. The lowest BCUT2D eigenvalue weighted by molar-refractivity contribution is 0.137. The van der Waals surface area contributed by atoms with Crippen molar-refractivity contribution in [1.29, 1.82) is 0 Å². The lowest BCUT2D eigenvalue weighted by Crippen LogP contribution is -2.28. The average Bonchev–Trinajstić information content (AvgIpc) is 2.46. The highest BCUT2D eigenvalue weighted by molar-refractivity contribution is 5.43. The Kier molecular flexibility index (Phi) is 7.14. The van der Waals surface area contributed by atoms with E-state index in [1.165, 1.54) is 0 Å². The Balaban J connectivity index is 2.91. The number of hydrogen-bond acceptors (Lipinski definition) is 7. The fourth-order valence-corrected chi connectivity index (χ4v) is 1.76. The molecule has 0 bridgehead atoms. The van der Waals surface area contributed by atoms with Gasteiger partial charge in [-0.3, -0.25) is 0 Å². The van der Waals surface area contributed by atoms with Crippen molar-refractivity contribution < 1.29 is 5.11 Å². The normalized spacial score (nSPS) is 12.3. The maximum atomic E-state index is 9.87. The molecule has 0 aliphatic heterocycles. The van der Waals surface area contributed by atoms with Crippen LogP contribution in [0.1, 0.15) is 34.6 Å². The van der Waals surface area contributed by atoms with E-state index >= 15 is 0 Å². The number of aromatic nitrogens is 3. The molecule has 120 valence electrons. The predicted molar refractivity (Wildman–Crippen MR) is 86.9 cm³/mol. The second-order valence-corrected chi connectivity index (χ2v) is 5.18. The van der Waals surface area contributed by atoms with Gasteiger partial charge in [-0.1, -0.05) is 13.8 Å². The maximum Gasteiger partial charge on any atom is 0.231 e. The summed E-state index contributed by atoms with van der Waals surface area (Å²) in [6, 6.07) is 0. The van der Waals surface area contributed by atoms with Gasteiger partial charge >= 0.3 is 0 Å². The van der Waals surface area contributed by atoms with Crippen LogP contribution in [0.3, 0.4) is 0 Å². The molecule has 0 aliphatic carbocycles. The van der Waals surface area contributed by atoms with Gasteiger partial charge in [0.25, 0.3) is 0 Å². The summed E-state index contributed by atoms with van der Waals surface area (Å²) in [4.78, 5) is 15.2. The molecule has 7 heteroatoms. The highest BCUT2D eigenvalue weighted by Crippen LogP contribution is 2.14. The SMILES string of the molecule is CCNc1nc(NCC(O)C(C)C)nc(N(CC)CC)n1. The van der Waals surface area contributed by atoms with E-state index in [0.717, 1.165) is 19.6 Å². The van der Waals surface area contributed by atoms with E-state index in [4.69, 9.17) is 0 Å². The molecule has 0 aromatic carbocycles. The minimum absolute atomic E-state index is 0.190. The minimum Gasteiger partial charge on any atom is -0.391 e. The van der Waals surface area contributed by atoms with Gasteiger partial charge in [-0.05, 0) is 26.7 Å². The first-order valence-corrected chi connectivity index (χ1v) is 7.68. The molecule has 1 aromatic heterocycles. The van der Waals surface area contributed by atoms with Crippen molar-refractivity contribution in [3.8, 4) is 0 Å². The Morgan fingerprint density at radius 2 is 1.57 bits per heavy atom. The molecule has 3 N–H and O–H groups in total. The molecule has 1 unspecified atom stereocenters. The molecule has 0 fully saturated rings. The fraction of sp³-hybridized carbons (Fsp3) is 0.786. The molecular formula is C14H28N6O. The monoisotopic (exact) mass is 296 g/mol. The third-order valence-electron chi connectivity index (χ3n) is 3.24. The molecule has 0 radical (unpaired) electrons. The van der Waals surface area contributed by atoms with Crippen LogP contribution in [0.4, 0.5) is 17.8 Å². The predicted octanol–water partition coefficient (Wildman–Crippen LogP) is 1.58. The van der Waals surface area contributed by atoms with Crippen LogP contribution in [0.25, 0.3) is 0 Å². The molecule has 0 amide bonds. The minimum atomic E-state index is -0.429. The maximum absolute atomic E-state index is 9.87. The molecule has 1 aromatic rings. The summed E-state index contributed by atoms with van der Waals surface area (Å²) in [5.41, 5.74) is 0. The lowest BCUT2D eigenvalue weighted by atomic mass is 10.1. The smallest absolute Gasteiger partial charge is 0.231 e. The quantitative estimate of drug-likeness (QED) is 0.638. The van der Waals surface area contributed by atoms with Gasteiger partial charge < -0.3 is 20.6 Å². The van der Waals surface area contributed by atoms with Crippen LogP contribution in [0.5, 0.6) is 0 Å². The van der Waals surface area contributed by atoms with Crippen molar-refractivity contribution >= 4 is 17.8 Å². The first kappa shape index (κ1) is 17.4. The zero-order valence-corrected chi connectivity index (χ0v) is 13.7. The van der Waals surface area contributed by atoms with Gasteiger partial charge in [-0.2, -0.15) is 15.0 Å². The van der Waals surface area contributed by atoms with Gasteiger partial charge in [0.15, 0.2) is 0 Å². The largest absolute Gasteiger partial charge is 0.391 e. The highest BCUT2D eigenvalue weighted by Gasteiger charge is 2.13. The molecule has 0 saturated heterocycles. The van der Waals surface area contributed by atoms with E-state index in [2.05, 4.69) is 44.3 Å². The lowest BCUT2D eigenvalue weighted by Gasteiger charge is -2.20. The molecule has 0 spiro atoms. The van der Waals surface area contributed by atoms with Gasteiger partial charge in [-0.25, -0.2) is 0 Å². The van der Waals surface area contributed by atoms with Crippen molar-refractivity contribution in [2.75, 3.05) is 41.7 Å². The number of aliphatic hydroxyl groups excluding tert-OH is 1. The summed E-state index contributed by atoms with van der Waals surface area (Å²) in [5.74, 6) is 1.88. The van der Waals surface area contributed by atoms with Crippen LogP contribution in [-0.4, -0.2) is 52.3 Å². The van der Waals surface area contributed by atoms with E-state index in [9.17, 15) is 5.11 Å². The van der Waals surface area contributed by atoms with E-state index < -0.39 is 6.10 Å². The number of nitrogens with zero attached hydrogens (tertiary/aromatic N) is 4. The molecule has 1 atom stereocenters. The van der Waals surface area contributed by atoms with Crippen molar-refractivity contribution in [1.82, 2.24) is 15.0 Å². The van der Waals surface area contributed by atoms with Crippen LogP contribution in [-0.2, 0) is 0 Å². The molecule has 21 heavy (non-hydrogen) atoms. The van der Waals surface area contributed by atoms with Crippen molar-refractivity contribution in [3.63, 3.8) is 0 Å². The van der Waals surface area contributed by atoms with Crippen molar-refractivity contribution in [2.45, 2.75) is 40.7 Å². The molecular weight excluding hydrogens is 268 g/mol. The summed E-state index contributed by atoms with van der Waals surface area (Å²) in [7, 11) is 0. The van der Waals surface area contributed by atoms with Crippen LogP contribution in [0.15, 0.2) is 0 Å². The second-order valence-electron chi connectivity index (χ2n) is 5.18. The van der Waals surface area contributed by atoms with Gasteiger partial charge in [0, 0.05) is 26.2 Å². The molecule has 1 heterocycles. The second kappa shape index (κ2) is 8.61. The van der Waals surface area contributed by atoms with Gasteiger partial charge in [0.1, 0.15) is 0 Å². The summed E-state index contributed by atoms with van der Waals surface area (Å²) in [6.45, 7) is 12.9. The van der Waals surface area contributed by atoms with Crippen LogP contribution >= 0.6 is 0 Å². The van der Waals surface area contributed by atoms with E-state index in [-0.39, 0.29) is 5.92 Å². The molecule has 1 rings (SSSR count). The zero-order chi connectivity index (χ0) is 15.8. The van der Waals surface area contributed by atoms with Gasteiger partial charge in [-0.15, -0.1) is 0 Å². The number of anilines is 3. The van der Waals surface area contributed by atoms with E-state index in [0.29, 0.717) is 24.4 Å². The van der Waals surface area contributed by atoms with Crippen LogP contribution < -0.4 is 15.5 Å².